The molecule has 2 N–H and O–H groups in total. The summed E-state index contributed by atoms with van der Waals surface area (Å²) in [5.41, 5.74) is -2.43. The van der Waals surface area contributed by atoms with Crippen LogP contribution in [0.25, 0.3) is 0 Å². The minimum absolute atomic E-state index is 0.00575. The molecule has 10 heteroatoms. The van der Waals surface area contributed by atoms with Crippen LogP contribution in [0.3, 0.4) is 0 Å². The van der Waals surface area contributed by atoms with E-state index in [9.17, 15) is 32.3 Å². The maximum atomic E-state index is 14.8. The van der Waals surface area contributed by atoms with Gasteiger partial charge in [-0.25, -0.2) is 9.18 Å². The number of aliphatic carboxylic acids is 1. The molecule has 0 saturated heterocycles. The van der Waals surface area contributed by atoms with Gasteiger partial charge in [0.2, 0.25) is 0 Å². The van der Waals surface area contributed by atoms with Crippen molar-refractivity contribution in [2.24, 2.45) is 0 Å². The van der Waals surface area contributed by atoms with Crippen LogP contribution in [-0.2, 0) is 9.59 Å². The minimum atomic E-state index is -5.03. The molecular formula is C21H24BrF4N2O3+. The van der Waals surface area contributed by atoms with Crippen molar-refractivity contribution in [1.82, 2.24) is 9.80 Å². The highest BCUT2D eigenvalue weighted by Crippen LogP contribution is 2.43. The van der Waals surface area contributed by atoms with Gasteiger partial charge in [-0.3, -0.25) is 4.79 Å². The van der Waals surface area contributed by atoms with E-state index in [1.54, 1.807) is 0 Å². The quantitative estimate of drug-likeness (QED) is 0.272. The van der Waals surface area contributed by atoms with Gasteiger partial charge >= 0.3 is 12.3 Å². The number of quaternary nitrogens is 1. The third-order valence-corrected chi connectivity index (χ3v) is 5.64. The Bertz CT molecular complexity index is 872. The summed E-state index contributed by atoms with van der Waals surface area (Å²) in [6, 6.07) is 1.83. The highest BCUT2D eigenvalue weighted by Gasteiger charge is 2.64. The number of alkyl halides is 4. The highest BCUT2D eigenvalue weighted by molar-refractivity contribution is 9.10. The van der Waals surface area contributed by atoms with E-state index < -0.39 is 53.4 Å². The van der Waals surface area contributed by atoms with Crippen molar-refractivity contribution in [3.05, 3.63) is 28.7 Å². The van der Waals surface area contributed by atoms with Crippen LogP contribution >= 0.6 is 15.9 Å². The molecule has 1 aromatic carbocycles. The summed E-state index contributed by atoms with van der Waals surface area (Å²) >= 11 is 3.18. The lowest BCUT2D eigenvalue weighted by molar-refractivity contribution is -0.248. The van der Waals surface area contributed by atoms with Crippen LogP contribution < -0.4 is 9.80 Å². The van der Waals surface area contributed by atoms with E-state index in [2.05, 4.69) is 33.1 Å². The van der Waals surface area contributed by atoms with Crippen molar-refractivity contribution in [3.8, 4) is 11.8 Å². The van der Waals surface area contributed by atoms with Crippen molar-refractivity contribution in [2.45, 2.75) is 63.6 Å². The zero-order chi connectivity index (χ0) is 23.4. The second kappa shape index (κ2) is 9.57. The lowest BCUT2D eigenvalue weighted by Crippen LogP contribution is -2.71. The van der Waals surface area contributed by atoms with Crippen LogP contribution in [0.1, 0.15) is 39.5 Å². The Morgan fingerprint density at radius 2 is 1.84 bits per heavy atom. The predicted molar refractivity (Wildman–Crippen MR) is 112 cm³/mol. The molecule has 1 aliphatic rings. The van der Waals surface area contributed by atoms with Gasteiger partial charge in [0.15, 0.2) is 12.6 Å². The van der Waals surface area contributed by atoms with Crippen LogP contribution in [0.2, 0.25) is 0 Å². The summed E-state index contributed by atoms with van der Waals surface area (Å²) in [6.07, 6.45) is -5.35. The fourth-order valence-electron chi connectivity index (χ4n) is 3.60. The fourth-order valence-corrected chi connectivity index (χ4v) is 3.86. The van der Waals surface area contributed by atoms with Crippen LogP contribution in [0.15, 0.2) is 28.7 Å². The number of nitrogens with one attached hydrogen (secondary N) is 1. The molecule has 0 aromatic heterocycles. The van der Waals surface area contributed by atoms with Crippen molar-refractivity contribution in [1.29, 1.82) is 0 Å². The molecule has 5 nitrogen and oxygen atoms in total. The standard InChI is InChI=1S/C21H23BrF4N2O3/c1-20(2,23)13-17-18(29)27-16(19(30)31)7-5-3-4-6-12-28(17,21(24,25)26)15-10-8-14(22)9-11-15/h8-11,16-17H,3,5,7,12-13H2,1-2H3,(H-,27,29,30,31)/p+1. The Kier molecular flexibility index (Phi) is 7.76. The lowest BCUT2D eigenvalue weighted by Gasteiger charge is -2.43. The molecule has 0 aliphatic carbocycles. The van der Waals surface area contributed by atoms with E-state index in [1.165, 1.54) is 24.3 Å². The molecule has 0 radical (unpaired) electrons. The monoisotopic (exact) mass is 507 g/mol. The molecule has 0 saturated carbocycles. The molecule has 1 amide bonds. The summed E-state index contributed by atoms with van der Waals surface area (Å²) in [5.74, 6) is 2.62. The number of carbonyl (C=O) groups excluding carboxylic acids is 1. The Hall–Kier alpha value is -2.12. The molecule has 1 aliphatic heterocycles. The van der Waals surface area contributed by atoms with E-state index in [0.717, 1.165) is 13.8 Å². The van der Waals surface area contributed by atoms with Gasteiger partial charge in [0.25, 0.3) is 5.91 Å². The molecule has 1 aromatic rings. The molecule has 170 valence electrons. The second-order valence-corrected chi connectivity index (χ2v) is 8.97. The van der Waals surface area contributed by atoms with Crippen molar-refractivity contribution >= 4 is 33.5 Å². The van der Waals surface area contributed by atoms with Gasteiger partial charge in [0.05, 0.1) is 0 Å². The number of benzene rings is 1. The first kappa shape index (κ1) is 25.1. The third kappa shape index (κ3) is 5.98. The highest BCUT2D eigenvalue weighted by atomic mass is 79.9. The Balaban J connectivity index is 2.78. The largest absolute Gasteiger partial charge is 0.567 e. The van der Waals surface area contributed by atoms with Gasteiger partial charge in [-0.05, 0) is 44.7 Å². The molecular weight excluding hydrogens is 484 g/mol. The predicted octanol–water partition coefficient (Wildman–Crippen LogP) is 4.54. The van der Waals surface area contributed by atoms with E-state index in [0.29, 0.717) is 4.47 Å². The van der Waals surface area contributed by atoms with Crippen LogP contribution in [0, 0.1) is 11.8 Å². The topological polar surface area (TPSA) is 66.4 Å². The van der Waals surface area contributed by atoms with Crippen LogP contribution in [-0.4, -0.2) is 47.6 Å². The number of halogens is 5. The third-order valence-electron chi connectivity index (χ3n) is 5.12. The van der Waals surface area contributed by atoms with E-state index in [1.807, 2.05) is 0 Å². The van der Waals surface area contributed by atoms with Crippen molar-refractivity contribution in [3.63, 3.8) is 0 Å². The maximum absolute atomic E-state index is 14.8. The Morgan fingerprint density at radius 3 is 2.35 bits per heavy atom. The van der Waals surface area contributed by atoms with Crippen LogP contribution in [0.5, 0.6) is 0 Å². The minimum Gasteiger partial charge on any atom is -0.480 e. The average Bonchev–Trinajstić information content (AvgIpc) is 2.66. The van der Waals surface area contributed by atoms with E-state index >= 15 is 0 Å². The number of carbonyl (C=O) groups is 2. The first-order valence-electron chi connectivity index (χ1n) is 9.66. The molecule has 0 bridgehead atoms. The molecule has 31 heavy (non-hydrogen) atoms. The van der Waals surface area contributed by atoms with Gasteiger partial charge in [-0.1, -0.05) is 21.9 Å². The summed E-state index contributed by atoms with van der Waals surface area (Å²) < 4.78 is 57.6. The van der Waals surface area contributed by atoms with E-state index in [-0.39, 0.29) is 24.9 Å². The number of carboxylic acid groups (broad SMARTS) is 1. The van der Waals surface area contributed by atoms with Gasteiger partial charge < -0.3 is 10.4 Å². The van der Waals surface area contributed by atoms with Crippen LogP contribution in [0.4, 0.5) is 23.2 Å². The molecule has 3 unspecified atom stereocenters. The number of rotatable bonds is 4. The normalized spacial score (nSPS) is 25.6. The molecule has 1 heterocycles. The number of hydrogen-bond acceptors (Lipinski definition) is 2. The maximum Gasteiger partial charge on any atom is 0.567 e. The number of carboxylic acids is 1. The Labute approximate surface area is 186 Å². The van der Waals surface area contributed by atoms with Crippen molar-refractivity contribution in [2.75, 3.05) is 6.54 Å². The van der Waals surface area contributed by atoms with Gasteiger partial charge in [-0.15, -0.1) is 13.2 Å². The molecule has 0 spiro atoms. The SMILES string of the molecule is CC(C)(F)CC1C(=O)NC(C(=O)O)CCCC#CC[N+]1(c1ccc(Br)cc1)C(F)(F)F. The molecule has 2 rings (SSSR count). The summed E-state index contributed by atoms with van der Waals surface area (Å²) in [5, 5.41) is 11.6. The Morgan fingerprint density at radius 1 is 1.23 bits per heavy atom. The van der Waals surface area contributed by atoms with E-state index in [4.69, 9.17) is 0 Å². The number of amides is 1. The average molecular weight is 508 g/mol. The molecule has 3 atom stereocenters. The summed E-state index contributed by atoms with van der Waals surface area (Å²) in [7, 11) is 0. The summed E-state index contributed by atoms with van der Waals surface area (Å²) in [6.45, 7) is 1.35. The number of nitrogens with zero attached hydrogens (tertiary/aromatic N) is 1. The van der Waals surface area contributed by atoms with Gasteiger partial charge in [-0.2, -0.15) is 4.48 Å². The van der Waals surface area contributed by atoms with Crippen molar-refractivity contribution < 1.29 is 32.3 Å². The zero-order valence-electron chi connectivity index (χ0n) is 17.1. The molecule has 0 fully saturated rings. The zero-order valence-corrected chi connectivity index (χ0v) is 18.7. The summed E-state index contributed by atoms with van der Waals surface area (Å²) in [4.78, 5) is 24.7. The lowest BCUT2D eigenvalue weighted by atomic mass is 9.95. The second-order valence-electron chi connectivity index (χ2n) is 8.05. The van der Waals surface area contributed by atoms with Gasteiger partial charge in [0.1, 0.15) is 17.4 Å². The fraction of sp³-hybridized carbons (Fsp3) is 0.524. The first-order chi connectivity index (χ1) is 14.3. The first-order valence-corrected chi connectivity index (χ1v) is 10.5. The smallest absolute Gasteiger partial charge is 0.480 e. The van der Waals surface area contributed by atoms with Gasteiger partial charge in [0, 0.05) is 29.4 Å². The number of hydrogen-bond donors (Lipinski definition) is 2.